The van der Waals surface area contributed by atoms with E-state index in [1.165, 1.54) is 19.3 Å². The van der Waals surface area contributed by atoms with Gasteiger partial charge in [-0.3, -0.25) is 0 Å². The Bertz CT molecular complexity index is 126. The van der Waals surface area contributed by atoms with Gasteiger partial charge in [0.15, 0.2) is 0 Å². The van der Waals surface area contributed by atoms with Crippen molar-refractivity contribution >= 4 is 32.2 Å². The SMILES string of the molecule is CC(C)C[CH2][Sn]([CH2]CC(C)C)[CH2]CC(C)C.Cl. The number of hydrogen-bond donors (Lipinski definition) is 0. The minimum Gasteiger partial charge on any atom is -0.147 e. The van der Waals surface area contributed by atoms with E-state index >= 15 is 0 Å². The molecule has 0 saturated heterocycles. The normalized spacial score (nSPS) is 11.6. The summed E-state index contributed by atoms with van der Waals surface area (Å²) in [4.78, 5) is 0. The van der Waals surface area contributed by atoms with Gasteiger partial charge in [0.2, 0.25) is 0 Å². The molecule has 0 spiro atoms. The fourth-order valence-corrected chi connectivity index (χ4v) is 12.4. The van der Waals surface area contributed by atoms with Crippen LogP contribution in [0.4, 0.5) is 0 Å². The van der Waals surface area contributed by atoms with E-state index < -0.39 is 19.8 Å². The molecular formula is C15H34ClSn. The van der Waals surface area contributed by atoms with Gasteiger partial charge in [-0.1, -0.05) is 0 Å². The Kier molecular flexibility index (Phi) is 14.6. The van der Waals surface area contributed by atoms with Gasteiger partial charge in [0.1, 0.15) is 0 Å². The Morgan fingerprint density at radius 1 is 0.588 bits per heavy atom. The molecule has 105 valence electrons. The first-order valence-electron chi connectivity index (χ1n) is 7.25. The second-order valence-corrected chi connectivity index (χ2v) is 15.1. The van der Waals surface area contributed by atoms with Crippen LogP contribution in [0.3, 0.4) is 0 Å². The molecule has 0 amide bonds. The van der Waals surface area contributed by atoms with E-state index in [2.05, 4.69) is 41.5 Å². The van der Waals surface area contributed by atoms with Crippen molar-refractivity contribution in [3.63, 3.8) is 0 Å². The fraction of sp³-hybridized carbons (Fsp3) is 1.00. The first-order valence-corrected chi connectivity index (χ1v) is 13.3. The molecule has 0 N–H and O–H groups in total. The second-order valence-electron chi connectivity index (χ2n) is 6.55. The molecule has 2 heteroatoms. The van der Waals surface area contributed by atoms with Crippen LogP contribution in [0.25, 0.3) is 0 Å². The van der Waals surface area contributed by atoms with Gasteiger partial charge in [-0.05, 0) is 0 Å². The average Bonchev–Trinajstić information content (AvgIpc) is 2.15. The second kappa shape index (κ2) is 12.1. The van der Waals surface area contributed by atoms with E-state index in [0.717, 1.165) is 17.8 Å². The van der Waals surface area contributed by atoms with Crippen molar-refractivity contribution in [3.05, 3.63) is 0 Å². The monoisotopic (exact) mass is 369 g/mol. The van der Waals surface area contributed by atoms with Crippen LogP contribution in [0.5, 0.6) is 0 Å². The maximum absolute atomic E-state index is 2.38. The zero-order chi connectivity index (χ0) is 12.6. The summed E-state index contributed by atoms with van der Waals surface area (Å²) in [7, 11) is 0. The summed E-state index contributed by atoms with van der Waals surface area (Å²) >= 11 is -0.982. The zero-order valence-electron chi connectivity index (χ0n) is 12.9. The minimum atomic E-state index is -0.982. The maximum atomic E-state index is 2.38. The average molecular weight is 369 g/mol. The van der Waals surface area contributed by atoms with Crippen molar-refractivity contribution in [3.8, 4) is 0 Å². The topological polar surface area (TPSA) is 0 Å². The quantitative estimate of drug-likeness (QED) is 0.435. The van der Waals surface area contributed by atoms with Crippen molar-refractivity contribution in [1.82, 2.24) is 0 Å². The number of halogens is 1. The third kappa shape index (κ3) is 15.0. The minimum absolute atomic E-state index is 0. The van der Waals surface area contributed by atoms with Gasteiger partial charge in [-0.25, -0.2) is 0 Å². The molecule has 0 aliphatic rings. The summed E-state index contributed by atoms with van der Waals surface area (Å²) in [5.74, 6) is 2.77. The molecule has 0 aliphatic carbocycles. The zero-order valence-corrected chi connectivity index (χ0v) is 16.6. The first-order chi connectivity index (χ1) is 7.41. The van der Waals surface area contributed by atoms with Gasteiger partial charge in [0, 0.05) is 0 Å². The molecule has 0 saturated carbocycles. The Labute approximate surface area is 123 Å². The summed E-state index contributed by atoms with van der Waals surface area (Å²) in [6.07, 6.45) is 4.51. The van der Waals surface area contributed by atoms with Crippen LogP contribution in [-0.2, 0) is 0 Å². The number of rotatable bonds is 9. The van der Waals surface area contributed by atoms with Crippen LogP contribution < -0.4 is 0 Å². The molecule has 0 aromatic heterocycles. The van der Waals surface area contributed by atoms with Crippen LogP contribution in [0, 0.1) is 17.8 Å². The van der Waals surface area contributed by atoms with E-state index in [-0.39, 0.29) is 12.4 Å². The van der Waals surface area contributed by atoms with Crippen molar-refractivity contribution in [2.75, 3.05) is 0 Å². The Balaban J connectivity index is 0. The molecule has 0 atom stereocenters. The molecular weight excluding hydrogens is 334 g/mol. The van der Waals surface area contributed by atoms with Gasteiger partial charge in [0.05, 0.1) is 0 Å². The fourth-order valence-electron chi connectivity index (χ4n) is 1.85. The van der Waals surface area contributed by atoms with Gasteiger partial charge >= 0.3 is 112 Å². The maximum Gasteiger partial charge on any atom is -0.147 e. The summed E-state index contributed by atoms with van der Waals surface area (Å²) < 4.78 is 4.96. The Morgan fingerprint density at radius 2 is 0.824 bits per heavy atom. The molecule has 0 rings (SSSR count). The molecule has 0 fully saturated rings. The first kappa shape index (κ1) is 20.4. The van der Waals surface area contributed by atoms with Crippen LogP contribution >= 0.6 is 12.4 Å². The molecule has 1 radical (unpaired) electrons. The number of hydrogen-bond acceptors (Lipinski definition) is 0. The van der Waals surface area contributed by atoms with Crippen LogP contribution in [-0.4, -0.2) is 19.8 Å². The van der Waals surface area contributed by atoms with Gasteiger partial charge in [-0.15, -0.1) is 12.4 Å². The molecule has 0 unspecified atom stereocenters. The third-order valence-corrected chi connectivity index (χ3v) is 11.8. The van der Waals surface area contributed by atoms with Crippen molar-refractivity contribution < 1.29 is 0 Å². The third-order valence-electron chi connectivity index (χ3n) is 3.23. The summed E-state index contributed by atoms with van der Waals surface area (Å²) in [6.45, 7) is 14.3. The van der Waals surface area contributed by atoms with Crippen LogP contribution in [0.1, 0.15) is 60.8 Å². The molecule has 0 bridgehead atoms. The molecule has 17 heavy (non-hydrogen) atoms. The van der Waals surface area contributed by atoms with E-state index in [1.807, 2.05) is 0 Å². The Hall–Kier alpha value is 1.09. The molecule has 0 heterocycles. The van der Waals surface area contributed by atoms with Gasteiger partial charge < -0.3 is 0 Å². The molecule has 0 aliphatic heterocycles. The largest absolute Gasteiger partial charge is 0.147 e. The van der Waals surface area contributed by atoms with E-state index in [9.17, 15) is 0 Å². The van der Waals surface area contributed by atoms with E-state index in [1.54, 1.807) is 13.3 Å². The smallest absolute Gasteiger partial charge is 0.147 e. The van der Waals surface area contributed by atoms with Gasteiger partial charge in [0.25, 0.3) is 0 Å². The molecule has 0 aromatic carbocycles. The van der Waals surface area contributed by atoms with Crippen LogP contribution in [0.15, 0.2) is 0 Å². The van der Waals surface area contributed by atoms with E-state index in [4.69, 9.17) is 0 Å². The predicted octanol–water partition coefficient (Wildman–Crippen LogP) is 6.04. The Morgan fingerprint density at radius 3 is 1.00 bits per heavy atom. The van der Waals surface area contributed by atoms with Crippen molar-refractivity contribution in [2.45, 2.75) is 74.1 Å². The summed E-state index contributed by atoms with van der Waals surface area (Å²) in [6, 6.07) is 0. The van der Waals surface area contributed by atoms with Crippen LogP contribution in [0.2, 0.25) is 13.3 Å². The standard InChI is InChI=1S/3C5H11.ClH.Sn/c3*1-4-5(2)3;;/h3*5H,1,4H2,2-3H3;1H;. The van der Waals surface area contributed by atoms with E-state index in [0.29, 0.717) is 0 Å². The van der Waals surface area contributed by atoms with Crippen molar-refractivity contribution in [1.29, 1.82) is 0 Å². The summed E-state index contributed by atoms with van der Waals surface area (Å²) in [5.41, 5.74) is 0. The van der Waals surface area contributed by atoms with Crippen molar-refractivity contribution in [2.24, 2.45) is 17.8 Å². The molecule has 0 nitrogen and oxygen atoms in total. The summed E-state index contributed by atoms with van der Waals surface area (Å²) in [5, 5.41) is 0. The van der Waals surface area contributed by atoms with Gasteiger partial charge in [-0.2, -0.15) is 0 Å². The molecule has 0 aromatic rings. The predicted molar refractivity (Wildman–Crippen MR) is 85.8 cm³/mol.